The Morgan fingerprint density at radius 2 is 1.77 bits per heavy atom. The van der Waals surface area contributed by atoms with Crippen molar-refractivity contribution in [3.05, 3.63) is 29.3 Å². The minimum atomic E-state index is -3.70. The first-order chi connectivity index (χ1) is 12.1. The average molecular weight is 384 g/mol. The number of carbonyl (C=O) groups excluding carboxylic acids is 1. The second-order valence-electron chi connectivity index (χ2n) is 6.24. The Morgan fingerprint density at radius 3 is 2.23 bits per heavy atom. The number of amides is 1. The van der Waals surface area contributed by atoms with E-state index in [2.05, 4.69) is 5.32 Å². The van der Waals surface area contributed by atoms with Crippen molar-refractivity contribution in [2.24, 2.45) is 5.92 Å². The van der Waals surface area contributed by atoms with E-state index in [0.29, 0.717) is 25.1 Å². The van der Waals surface area contributed by atoms with Gasteiger partial charge in [-0.2, -0.15) is 4.31 Å². The number of sulfonamides is 1. The second-order valence-corrected chi connectivity index (χ2v) is 8.18. The molecule has 1 rings (SSSR count). The summed E-state index contributed by atoms with van der Waals surface area (Å²) in [6, 6.07) is 3.30. The fourth-order valence-electron chi connectivity index (χ4n) is 2.62. The molecule has 0 heterocycles. The molecule has 1 amide bonds. The first kappa shape index (κ1) is 22.1. The number of aliphatic carboxylic acids is 1. The van der Waals surface area contributed by atoms with Crippen molar-refractivity contribution >= 4 is 21.9 Å². The van der Waals surface area contributed by atoms with E-state index < -0.39 is 27.9 Å². The Bertz CT molecular complexity index is 757. The number of rotatable bonds is 9. The van der Waals surface area contributed by atoms with Crippen LogP contribution in [0.25, 0.3) is 0 Å². The van der Waals surface area contributed by atoms with Crippen LogP contribution in [0, 0.1) is 12.8 Å². The van der Waals surface area contributed by atoms with Gasteiger partial charge in [0.2, 0.25) is 10.0 Å². The first-order valence-corrected chi connectivity index (χ1v) is 10.2. The topological polar surface area (TPSA) is 104 Å². The van der Waals surface area contributed by atoms with Crippen molar-refractivity contribution in [1.82, 2.24) is 9.62 Å². The number of nitrogens with zero attached hydrogens (tertiary/aromatic N) is 1. The quantitative estimate of drug-likeness (QED) is 0.680. The third-order valence-electron chi connectivity index (χ3n) is 4.56. The Balaban J connectivity index is 3.25. The van der Waals surface area contributed by atoms with Gasteiger partial charge in [-0.25, -0.2) is 13.2 Å². The number of benzene rings is 1. The smallest absolute Gasteiger partial charge is 0.326 e. The van der Waals surface area contributed by atoms with E-state index in [1.165, 1.54) is 16.4 Å². The molecule has 26 heavy (non-hydrogen) atoms. The number of hydrogen-bond acceptors (Lipinski definition) is 4. The van der Waals surface area contributed by atoms with Crippen LogP contribution in [0.4, 0.5) is 0 Å². The zero-order chi connectivity index (χ0) is 20.1. The lowest BCUT2D eigenvalue weighted by Gasteiger charge is -2.22. The van der Waals surface area contributed by atoms with E-state index >= 15 is 0 Å². The van der Waals surface area contributed by atoms with Gasteiger partial charge in [-0.05, 0) is 30.5 Å². The highest BCUT2D eigenvalue weighted by Crippen LogP contribution is 2.20. The van der Waals surface area contributed by atoms with Crippen LogP contribution in [-0.4, -0.2) is 48.8 Å². The second kappa shape index (κ2) is 9.14. The Labute approximate surface area is 155 Å². The summed E-state index contributed by atoms with van der Waals surface area (Å²) in [4.78, 5) is 24.1. The SMILES string of the molecule is CC[C@H](C)[C@H](NC(=O)c1cc(S(=O)(=O)N(CC)CC)ccc1C)C(=O)O. The lowest BCUT2D eigenvalue weighted by molar-refractivity contribution is -0.140. The van der Waals surface area contributed by atoms with Gasteiger partial charge in [-0.15, -0.1) is 0 Å². The molecule has 8 heteroatoms. The molecule has 7 nitrogen and oxygen atoms in total. The molecule has 0 radical (unpaired) electrons. The summed E-state index contributed by atoms with van der Waals surface area (Å²) in [5.74, 6) is -1.96. The van der Waals surface area contributed by atoms with E-state index in [-0.39, 0.29) is 16.4 Å². The molecule has 0 aliphatic heterocycles. The summed E-state index contributed by atoms with van der Waals surface area (Å²) in [7, 11) is -3.70. The van der Waals surface area contributed by atoms with Crippen LogP contribution in [0.5, 0.6) is 0 Å². The van der Waals surface area contributed by atoms with Crippen LogP contribution in [0.2, 0.25) is 0 Å². The number of aryl methyl sites for hydroxylation is 1. The van der Waals surface area contributed by atoms with Crippen molar-refractivity contribution in [2.45, 2.75) is 52.0 Å². The standard InChI is InChI=1S/C18H28N2O5S/c1-6-12(4)16(18(22)23)19-17(21)15-11-14(10-9-13(15)5)26(24,25)20(7-2)8-3/h9-12,16H,6-8H2,1-5H3,(H,19,21)(H,22,23)/t12-,16-/m0/s1. The molecule has 0 bridgehead atoms. The number of carboxylic acids is 1. The molecule has 0 spiro atoms. The summed E-state index contributed by atoms with van der Waals surface area (Å²) in [5.41, 5.74) is 0.738. The van der Waals surface area contributed by atoms with E-state index in [9.17, 15) is 23.1 Å². The largest absolute Gasteiger partial charge is 0.480 e. The monoisotopic (exact) mass is 384 g/mol. The Hall–Kier alpha value is -1.93. The van der Waals surface area contributed by atoms with Gasteiger partial charge in [-0.3, -0.25) is 4.79 Å². The predicted molar refractivity (Wildman–Crippen MR) is 99.6 cm³/mol. The van der Waals surface area contributed by atoms with Crippen LogP contribution >= 0.6 is 0 Å². The number of carbonyl (C=O) groups is 2. The molecule has 0 saturated heterocycles. The summed E-state index contributed by atoms with van der Waals surface area (Å²) < 4.78 is 26.6. The molecular weight excluding hydrogens is 356 g/mol. The minimum absolute atomic E-state index is 0.0207. The van der Waals surface area contributed by atoms with Gasteiger partial charge in [0.1, 0.15) is 6.04 Å². The molecule has 0 fully saturated rings. The van der Waals surface area contributed by atoms with Crippen LogP contribution in [-0.2, 0) is 14.8 Å². The summed E-state index contributed by atoms with van der Waals surface area (Å²) in [6.45, 7) is 9.40. The molecule has 0 aromatic heterocycles. The average Bonchev–Trinajstić information content (AvgIpc) is 2.59. The molecule has 1 aromatic carbocycles. The predicted octanol–water partition coefficient (Wildman–Crippen LogP) is 2.25. The maximum absolute atomic E-state index is 12.7. The molecular formula is C18H28N2O5S. The van der Waals surface area contributed by atoms with E-state index in [0.717, 1.165) is 0 Å². The van der Waals surface area contributed by atoms with Gasteiger partial charge < -0.3 is 10.4 Å². The fourth-order valence-corrected chi connectivity index (χ4v) is 4.11. The maximum atomic E-state index is 12.7. The number of nitrogens with one attached hydrogen (secondary N) is 1. The molecule has 0 unspecified atom stereocenters. The molecule has 146 valence electrons. The minimum Gasteiger partial charge on any atom is -0.480 e. The summed E-state index contributed by atoms with van der Waals surface area (Å²) in [6.07, 6.45) is 0.590. The van der Waals surface area contributed by atoms with Crippen molar-refractivity contribution in [2.75, 3.05) is 13.1 Å². The zero-order valence-electron chi connectivity index (χ0n) is 15.9. The third-order valence-corrected chi connectivity index (χ3v) is 6.61. The van der Waals surface area contributed by atoms with E-state index in [4.69, 9.17) is 0 Å². The lowest BCUT2D eigenvalue weighted by Crippen LogP contribution is -2.45. The highest BCUT2D eigenvalue weighted by molar-refractivity contribution is 7.89. The molecule has 2 N–H and O–H groups in total. The molecule has 2 atom stereocenters. The Kier molecular flexibility index (Phi) is 7.77. The first-order valence-electron chi connectivity index (χ1n) is 8.74. The molecule has 1 aromatic rings. The zero-order valence-corrected chi connectivity index (χ0v) is 16.8. The van der Waals surface area contributed by atoms with Crippen molar-refractivity contribution in [3.8, 4) is 0 Å². The van der Waals surface area contributed by atoms with Crippen LogP contribution in [0.1, 0.15) is 50.0 Å². The van der Waals surface area contributed by atoms with Crippen LogP contribution in [0.3, 0.4) is 0 Å². The highest BCUT2D eigenvalue weighted by Gasteiger charge is 2.28. The van der Waals surface area contributed by atoms with Gasteiger partial charge in [0.15, 0.2) is 0 Å². The van der Waals surface area contributed by atoms with Crippen LogP contribution < -0.4 is 5.32 Å². The van der Waals surface area contributed by atoms with Crippen molar-refractivity contribution in [1.29, 1.82) is 0 Å². The highest BCUT2D eigenvalue weighted by atomic mass is 32.2. The van der Waals surface area contributed by atoms with E-state index in [1.807, 2.05) is 6.92 Å². The van der Waals surface area contributed by atoms with Gasteiger partial charge in [0.05, 0.1) is 4.90 Å². The van der Waals surface area contributed by atoms with Crippen molar-refractivity contribution < 1.29 is 23.1 Å². The van der Waals surface area contributed by atoms with Gasteiger partial charge in [0, 0.05) is 18.7 Å². The van der Waals surface area contributed by atoms with Gasteiger partial charge in [-0.1, -0.05) is 40.2 Å². The maximum Gasteiger partial charge on any atom is 0.326 e. The van der Waals surface area contributed by atoms with Crippen LogP contribution in [0.15, 0.2) is 23.1 Å². The fraction of sp³-hybridized carbons (Fsp3) is 0.556. The lowest BCUT2D eigenvalue weighted by atomic mass is 9.98. The number of hydrogen-bond donors (Lipinski definition) is 2. The van der Waals surface area contributed by atoms with Gasteiger partial charge >= 0.3 is 5.97 Å². The summed E-state index contributed by atoms with van der Waals surface area (Å²) >= 11 is 0. The van der Waals surface area contributed by atoms with E-state index in [1.54, 1.807) is 33.8 Å². The Morgan fingerprint density at radius 1 is 1.19 bits per heavy atom. The van der Waals surface area contributed by atoms with Crippen molar-refractivity contribution in [3.63, 3.8) is 0 Å². The number of carboxylic acid groups (broad SMARTS) is 1. The molecule has 0 aliphatic carbocycles. The van der Waals surface area contributed by atoms with Gasteiger partial charge in [0.25, 0.3) is 5.91 Å². The molecule has 0 aliphatic rings. The summed E-state index contributed by atoms with van der Waals surface area (Å²) in [5, 5.41) is 11.9. The normalized spacial score (nSPS) is 14.1. The third kappa shape index (κ3) is 4.82. The molecule has 0 saturated carbocycles.